The number of hydrogen-bond acceptors (Lipinski definition) is 7. The zero-order chi connectivity index (χ0) is 24.9. The molecule has 0 atom stereocenters. The van der Waals surface area contributed by atoms with Crippen LogP contribution in [-0.2, 0) is 14.3 Å². The second-order valence-corrected chi connectivity index (χ2v) is 8.84. The smallest absolute Gasteiger partial charge is 0.306 e. The number of ether oxygens (including phenoxy) is 3. The molecule has 0 spiro atoms. The number of hydrogen-bond donors (Lipinski definition) is 1. The summed E-state index contributed by atoms with van der Waals surface area (Å²) in [5.41, 5.74) is 2.64. The van der Waals surface area contributed by atoms with Crippen LogP contribution in [0.1, 0.15) is 71.7 Å². The molecule has 1 aliphatic carbocycles. The first-order valence-corrected chi connectivity index (χ1v) is 11.9. The van der Waals surface area contributed by atoms with E-state index in [2.05, 4.69) is 11.4 Å². The fourth-order valence-electron chi connectivity index (χ4n) is 4.67. The Morgan fingerprint density at radius 2 is 1.83 bits per heavy atom. The van der Waals surface area contributed by atoms with Gasteiger partial charge in [0, 0.05) is 23.7 Å². The molecule has 35 heavy (non-hydrogen) atoms. The van der Waals surface area contributed by atoms with E-state index in [1.54, 1.807) is 18.2 Å². The van der Waals surface area contributed by atoms with Crippen LogP contribution in [0.25, 0.3) is 0 Å². The third kappa shape index (κ3) is 5.32. The molecule has 1 N–H and O–H groups in total. The quantitative estimate of drug-likeness (QED) is 0.449. The van der Waals surface area contributed by atoms with E-state index in [4.69, 9.17) is 14.2 Å². The van der Waals surface area contributed by atoms with E-state index in [1.165, 1.54) is 0 Å². The van der Waals surface area contributed by atoms with Gasteiger partial charge in [-0.15, -0.1) is 0 Å². The number of amides is 1. The van der Waals surface area contributed by atoms with Crippen molar-refractivity contribution in [1.82, 2.24) is 4.57 Å². The lowest BCUT2D eigenvalue weighted by atomic mass is 10.1. The number of esters is 1. The molecule has 1 fully saturated rings. The summed E-state index contributed by atoms with van der Waals surface area (Å²) < 4.78 is 18.1. The van der Waals surface area contributed by atoms with Crippen LogP contribution in [0, 0.1) is 25.2 Å². The van der Waals surface area contributed by atoms with Crippen molar-refractivity contribution in [1.29, 1.82) is 5.26 Å². The zero-order valence-electron chi connectivity index (χ0n) is 20.0. The summed E-state index contributed by atoms with van der Waals surface area (Å²) in [6, 6.07) is 7.33. The lowest BCUT2D eigenvalue weighted by Gasteiger charge is -2.19. The minimum absolute atomic E-state index is 0.0540. The number of anilines is 1. The van der Waals surface area contributed by atoms with Crippen molar-refractivity contribution in [2.24, 2.45) is 0 Å². The van der Waals surface area contributed by atoms with Crippen molar-refractivity contribution in [3.63, 3.8) is 0 Å². The van der Waals surface area contributed by atoms with Gasteiger partial charge in [-0.1, -0.05) is 12.8 Å². The average molecular weight is 480 g/mol. The van der Waals surface area contributed by atoms with E-state index in [0.29, 0.717) is 41.7 Å². The van der Waals surface area contributed by atoms with Gasteiger partial charge >= 0.3 is 5.97 Å². The fourth-order valence-corrected chi connectivity index (χ4v) is 4.67. The summed E-state index contributed by atoms with van der Waals surface area (Å²) in [5, 5.41) is 12.4. The zero-order valence-corrected chi connectivity index (χ0v) is 20.0. The number of nitrogens with one attached hydrogen (secondary N) is 1. The molecule has 1 aromatic carbocycles. The van der Waals surface area contributed by atoms with Gasteiger partial charge < -0.3 is 24.1 Å². The maximum Gasteiger partial charge on any atom is 0.306 e. The molecule has 1 aliphatic heterocycles. The fraction of sp³-hybridized carbons (Fsp3) is 0.462. The van der Waals surface area contributed by atoms with Gasteiger partial charge in [-0.05, 0) is 50.5 Å². The first-order chi connectivity index (χ1) is 16.9. The van der Waals surface area contributed by atoms with Crippen LogP contribution in [0.2, 0.25) is 0 Å². The van der Waals surface area contributed by atoms with Crippen LogP contribution in [0.4, 0.5) is 5.82 Å². The molecule has 0 unspecified atom stereocenters. The number of carbonyl (C=O) groups excluding carboxylic acids is 3. The Kier molecular flexibility index (Phi) is 7.39. The minimum atomic E-state index is -0.648. The molecule has 2 aromatic rings. The normalized spacial score (nSPS) is 14.9. The summed E-state index contributed by atoms with van der Waals surface area (Å²) >= 11 is 0. The Balaban J connectivity index is 1.31. The standard InChI is InChI=1S/C26H29N3O6/c1-16-17(2)29(19-5-3-4-6-19)26(20(16)14-27)28-24(31)15-35-25(32)10-8-21(30)18-7-9-22-23(13-18)34-12-11-33-22/h7,9,13,19H,3-6,8,10-12,15H2,1-2H3,(H,28,31). The minimum Gasteiger partial charge on any atom is -0.486 e. The van der Waals surface area contributed by atoms with Crippen LogP contribution in [-0.4, -0.2) is 42.0 Å². The Morgan fingerprint density at radius 3 is 2.54 bits per heavy atom. The average Bonchev–Trinajstić information content (AvgIpc) is 3.47. The highest BCUT2D eigenvalue weighted by Gasteiger charge is 2.27. The number of Topliss-reactive ketones (excluding diaryl/α,β-unsaturated/α-hetero) is 1. The number of benzene rings is 1. The Morgan fingerprint density at radius 1 is 1.11 bits per heavy atom. The van der Waals surface area contributed by atoms with E-state index in [1.807, 2.05) is 18.4 Å². The first kappa shape index (κ1) is 24.3. The highest BCUT2D eigenvalue weighted by molar-refractivity contribution is 5.98. The summed E-state index contributed by atoms with van der Waals surface area (Å²) in [5.74, 6) is 0.148. The van der Waals surface area contributed by atoms with Gasteiger partial charge in [0.2, 0.25) is 0 Å². The van der Waals surface area contributed by atoms with Crippen molar-refractivity contribution in [2.75, 3.05) is 25.1 Å². The number of carbonyl (C=O) groups is 3. The Hall–Kier alpha value is -3.80. The van der Waals surface area contributed by atoms with E-state index >= 15 is 0 Å². The molecule has 9 nitrogen and oxygen atoms in total. The van der Waals surface area contributed by atoms with Crippen molar-refractivity contribution in [2.45, 2.75) is 58.4 Å². The SMILES string of the molecule is Cc1c(C#N)c(NC(=O)COC(=O)CCC(=O)c2ccc3c(c2)OCCO3)n(C2CCCC2)c1C. The molecule has 9 heteroatoms. The number of nitrogens with zero attached hydrogens (tertiary/aromatic N) is 2. The molecule has 1 aromatic heterocycles. The van der Waals surface area contributed by atoms with E-state index in [9.17, 15) is 19.6 Å². The topological polar surface area (TPSA) is 120 Å². The summed E-state index contributed by atoms with van der Waals surface area (Å²) in [6.07, 6.45) is 4.00. The van der Waals surface area contributed by atoms with Gasteiger partial charge in [0.05, 0.1) is 12.0 Å². The largest absolute Gasteiger partial charge is 0.486 e. The molecule has 4 rings (SSSR count). The van der Waals surface area contributed by atoms with E-state index in [0.717, 1.165) is 36.9 Å². The number of rotatable bonds is 8. The highest BCUT2D eigenvalue weighted by Crippen LogP contribution is 2.37. The summed E-state index contributed by atoms with van der Waals surface area (Å²) in [4.78, 5) is 37.2. The molecule has 1 amide bonds. The third-order valence-electron chi connectivity index (χ3n) is 6.60. The van der Waals surface area contributed by atoms with Gasteiger partial charge in [-0.25, -0.2) is 0 Å². The maximum atomic E-state index is 12.6. The molecule has 0 radical (unpaired) electrons. The number of fused-ring (bicyclic) bond motifs is 1. The van der Waals surface area contributed by atoms with Crippen LogP contribution >= 0.6 is 0 Å². The van der Waals surface area contributed by atoms with Gasteiger partial charge in [-0.2, -0.15) is 5.26 Å². The Labute approximate surface area is 204 Å². The maximum absolute atomic E-state index is 12.6. The van der Waals surface area contributed by atoms with Gasteiger partial charge in [0.1, 0.15) is 25.1 Å². The predicted molar refractivity (Wildman–Crippen MR) is 127 cm³/mol. The molecule has 0 saturated heterocycles. The molecule has 2 aliphatic rings. The van der Waals surface area contributed by atoms with Crippen LogP contribution in [0.15, 0.2) is 18.2 Å². The second kappa shape index (κ2) is 10.6. The van der Waals surface area contributed by atoms with Crippen LogP contribution < -0.4 is 14.8 Å². The van der Waals surface area contributed by atoms with Crippen molar-refractivity contribution in [3.05, 3.63) is 40.6 Å². The first-order valence-electron chi connectivity index (χ1n) is 11.9. The van der Waals surface area contributed by atoms with Crippen LogP contribution in [0.3, 0.4) is 0 Å². The van der Waals surface area contributed by atoms with Crippen molar-refractivity contribution in [3.8, 4) is 17.6 Å². The summed E-state index contributed by atoms with van der Waals surface area (Å²) in [6.45, 7) is 4.20. The molecular weight excluding hydrogens is 450 g/mol. The number of nitriles is 1. The molecule has 0 bridgehead atoms. The van der Waals surface area contributed by atoms with E-state index in [-0.39, 0.29) is 24.7 Å². The lowest BCUT2D eigenvalue weighted by Crippen LogP contribution is -2.24. The molecule has 184 valence electrons. The summed E-state index contributed by atoms with van der Waals surface area (Å²) in [7, 11) is 0. The van der Waals surface area contributed by atoms with Gasteiger partial charge in [0.15, 0.2) is 23.9 Å². The predicted octanol–water partition coefficient (Wildman–Crippen LogP) is 4.01. The van der Waals surface area contributed by atoms with Gasteiger partial charge in [0.25, 0.3) is 5.91 Å². The number of aromatic nitrogens is 1. The number of ketones is 1. The van der Waals surface area contributed by atoms with Crippen molar-refractivity contribution < 1.29 is 28.6 Å². The monoisotopic (exact) mass is 479 g/mol. The van der Waals surface area contributed by atoms with Crippen molar-refractivity contribution >= 4 is 23.5 Å². The molecule has 2 heterocycles. The Bertz CT molecular complexity index is 1190. The van der Waals surface area contributed by atoms with Gasteiger partial charge in [-0.3, -0.25) is 14.4 Å². The van der Waals surface area contributed by atoms with Crippen LogP contribution in [0.5, 0.6) is 11.5 Å². The molecule has 1 saturated carbocycles. The van der Waals surface area contributed by atoms with E-state index < -0.39 is 18.5 Å². The highest BCUT2D eigenvalue weighted by atomic mass is 16.6. The second-order valence-electron chi connectivity index (χ2n) is 8.84. The lowest BCUT2D eigenvalue weighted by molar-refractivity contribution is -0.147. The molecular formula is C26H29N3O6. The third-order valence-corrected chi connectivity index (χ3v) is 6.60.